The van der Waals surface area contributed by atoms with Crippen molar-refractivity contribution in [1.82, 2.24) is 20.0 Å². The van der Waals surface area contributed by atoms with E-state index in [9.17, 15) is 26.9 Å². The fourth-order valence-electron chi connectivity index (χ4n) is 5.38. The summed E-state index contributed by atoms with van der Waals surface area (Å²) < 4.78 is 72.1. The number of sulfonamides is 1. The van der Waals surface area contributed by atoms with Crippen LogP contribution in [0, 0.1) is 16.7 Å². The lowest BCUT2D eigenvalue weighted by atomic mass is 9.82. The van der Waals surface area contributed by atoms with Gasteiger partial charge in [0.1, 0.15) is 18.2 Å². The fourth-order valence-corrected chi connectivity index (χ4v) is 6.36. The van der Waals surface area contributed by atoms with Crippen molar-refractivity contribution in [3.8, 4) is 17.3 Å². The van der Waals surface area contributed by atoms with Gasteiger partial charge in [0.2, 0.25) is 10.0 Å². The number of anilines is 2. The SMILES string of the molecule is C[C@H](COCS(=O)(=O)NCC(F)(F)F)N[C@H]1CC[C@H](Nc2cc(-c3cccc(NCC4(C#N)CCOCC4)n3)c(Cl)cn2)CC1. The average Bonchev–Trinajstić information content (AvgIpc) is 3.01. The highest BCUT2D eigenvalue weighted by Crippen LogP contribution is 2.32. The molecular formula is C29H39ClF3N7O4S. The van der Waals surface area contributed by atoms with Crippen LogP contribution in [-0.2, 0) is 19.5 Å². The van der Waals surface area contributed by atoms with Crippen LogP contribution < -0.4 is 20.7 Å². The number of rotatable bonds is 14. The van der Waals surface area contributed by atoms with Crippen molar-refractivity contribution in [2.75, 3.05) is 49.5 Å². The molecule has 0 radical (unpaired) electrons. The van der Waals surface area contributed by atoms with E-state index < -0.39 is 34.1 Å². The molecule has 0 amide bonds. The Bertz CT molecular complexity index is 1410. The first kappa shape index (κ1) is 35.1. The summed E-state index contributed by atoms with van der Waals surface area (Å²) in [6, 6.07) is 10.2. The number of nitrogens with one attached hydrogen (secondary N) is 4. The molecule has 2 aromatic rings. The smallest absolute Gasteiger partial charge is 0.381 e. The first-order valence-electron chi connectivity index (χ1n) is 14.9. The van der Waals surface area contributed by atoms with Gasteiger partial charge in [0.25, 0.3) is 0 Å². The van der Waals surface area contributed by atoms with Crippen molar-refractivity contribution in [3.05, 3.63) is 35.5 Å². The fraction of sp³-hybridized carbons (Fsp3) is 0.621. The van der Waals surface area contributed by atoms with Gasteiger partial charge in [0.15, 0.2) is 5.94 Å². The first-order chi connectivity index (χ1) is 21.4. The maximum absolute atomic E-state index is 12.3. The molecule has 1 saturated carbocycles. The zero-order valence-electron chi connectivity index (χ0n) is 25.0. The van der Waals surface area contributed by atoms with Gasteiger partial charge >= 0.3 is 6.18 Å². The van der Waals surface area contributed by atoms with Crippen LogP contribution in [0.4, 0.5) is 24.8 Å². The Morgan fingerprint density at radius 3 is 2.58 bits per heavy atom. The minimum atomic E-state index is -4.63. The van der Waals surface area contributed by atoms with Crippen molar-refractivity contribution in [1.29, 1.82) is 5.26 Å². The topological polar surface area (TPSA) is 150 Å². The molecule has 16 heteroatoms. The summed E-state index contributed by atoms with van der Waals surface area (Å²) in [4.78, 5) is 9.20. The van der Waals surface area contributed by atoms with Gasteiger partial charge in [-0.2, -0.15) is 18.4 Å². The van der Waals surface area contributed by atoms with E-state index in [1.54, 1.807) is 6.20 Å². The first-order valence-corrected chi connectivity index (χ1v) is 16.9. The number of ether oxygens (including phenoxy) is 2. The highest BCUT2D eigenvalue weighted by Gasteiger charge is 2.33. The summed E-state index contributed by atoms with van der Waals surface area (Å²) in [5.74, 6) is 0.496. The molecule has 0 aromatic carbocycles. The summed E-state index contributed by atoms with van der Waals surface area (Å²) in [5, 5.41) is 20.4. The number of nitrogens with zero attached hydrogens (tertiary/aromatic N) is 3. The highest BCUT2D eigenvalue weighted by molar-refractivity contribution is 7.89. The van der Waals surface area contributed by atoms with Gasteiger partial charge in [0.05, 0.1) is 28.8 Å². The number of aromatic nitrogens is 2. The van der Waals surface area contributed by atoms with E-state index in [0.717, 1.165) is 31.2 Å². The second-order valence-corrected chi connectivity index (χ2v) is 13.8. The molecule has 2 fully saturated rings. The van der Waals surface area contributed by atoms with Crippen LogP contribution in [-0.4, -0.2) is 81.5 Å². The Kier molecular flexibility index (Phi) is 12.3. The Morgan fingerprint density at radius 2 is 1.89 bits per heavy atom. The van der Waals surface area contributed by atoms with Crippen molar-refractivity contribution in [2.24, 2.45) is 5.41 Å². The second kappa shape index (κ2) is 15.7. The van der Waals surface area contributed by atoms with Gasteiger partial charge in [-0.1, -0.05) is 17.7 Å². The lowest BCUT2D eigenvalue weighted by molar-refractivity contribution is -0.121. The molecule has 248 valence electrons. The van der Waals surface area contributed by atoms with Gasteiger partial charge in [0, 0.05) is 49.6 Å². The van der Waals surface area contributed by atoms with Crippen molar-refractivity contribution in [3.63, 3.8) is 0 Å². The summed E-state index contributed by atoms with van der Waals surface area (Å²) in [6.45, 7) is 1.88. The standard InChI is InChI=1S/C29H39ClF3N7O4S/c1-20(15-44-19-45(41,42)37-18-29(31,32)33)38-21-5-7-22(8-6-21)39-27-13-23(24(30)14-35-27)25-3-2-4-26(40-25)36-17-28(16-34)9-11-43-12-10-28/h2-4,13-14,20-22,37-38H,5-12,15,17-19H2,1H3,(H,35,39)(H,36,40)/t20-,21-,22-/m1/s1. The Hall–Kier alpha value is -2.74. The van der Waals surface area contributed by atoms with Crippen molar-refractivity contribution < 1.29 is 31.1 Å². The number of hydrogen-bond acceptors (Lipinski definition) is 10. The van der Waals surface area contributed by atoms with Gasteiger partial charge in [-0.05, 0) is 63.6 Å². The molecule has 2 aromatic heterocycles. The average molecular weight is 674 g/mol. The number of pyridine rings is 2. The number of halogens is 4. The zero-order valence-corrected chi connectivity index (χ0v) is 26.6. The molecule has 4 rings (SSSR count). The molecule has 11 nitrogen and oxygen atoms in total. The normalized spacial score (nSPS) is 21.1. The molecule has 1 atom stereocenters. The number of hydrogen-bond donors (Lipinski definition) is 4. The Labute approximate surface area is 266 Å². The van der Waals surface area contributed by atoms with Crippen LogP contribution >= 0.6 is 11.6 Å². The third-order valence-electron chi connectivity index (χ3n) is 7.87. The van der Waals surface area contributed by atoms with Crippen LogP contribution in [0.25, 0.3) is 11.3 Å². The van der Waals surface area contributed by atoms with E-state index >= 15 is 0 Å². The van der Waals surface area contributed by atoms with E-state index in [0.29, 0.717) is 55.0 Å². The van der Waals surface area contributed by atoms with Crippen molar-refractivity contribution in [2.45, 2.75) is 69.8 Å². The minimum Gasteiger partial charge on any atom is -0.381 e. The molecular weight excluding hydrogens is 635 g/mol. The molecule has 4 N–H and O–H groups in total. The second-order valence-electron chi connectivity index (χ2n) is 11.6. The van der Waals surface area contributed by atoms with E-state index in [-0.39, 0.29) is 24.7 Å². The summed E-state index contributed by atoms with van der Waals surface area (Å²) >= 11 is 6.52. The van der Waals surface area contributed by atoms with Gasteiger partial charge in [-0.25, -0.2) is 23.1 Å². The Balaban J connectivity index is 1.24. The molecule has 1 saturated heterocycles. The van der Waals surface area contributed by atoms with Gasteiger partial charge in [-0.3, -0.25) is 0 Å². The monoisotopic (exact) mass is 673 g/mol. The minimum absolute atomic E-state index is 0.0431. The maximum atomic E-state index is 12.3. The van der Waals surface area contributed by atoms with Crippen LogP contribution in [0.1, 0.15) is 45.4 Å². The van der Waals surface area contributed by atoms with Gasteiger partial charge < -0.3 is 25.4 Å². The maximum Gasteiger partial charge on any atom is 0.402 e. The molecule has 45 heavy (non-hydrogen) atoms. The van der Waals surface area contributed by atoms with Crippen LogP contribution in [0.2, 0.25) is 5.02 Å². The van der Waals surface area contributed by atoms with E-state index in [4.69, 9.17) is 26.1 Å². The van der Waals surface area contributed by atoms with Crippen LogP contribution in [0.5, 0.6) is 0 Å². The van der Waals surface area contributed by atoms with Crippen molar-refractivity contribution >= 4 is 33.3 Å². The molecule has 3 heterocycles. The predicted molar refractivity (Wildman–Crippen MR) is 165 cm³/mol. The van der Waals surface area contributed by atoms with E-state index in [2.05, 4.69) is 27.0 Å². The molecule has 1 aliphatic carbocycles. The van der Waals surface area contributed by atoms with E-state index in [1.165, 1.54) is 4.72 Å². The summed E-state index contributed by atoms with van der Waals surface area (Å²) in [7, 11) is -4.18. The third-order valence-corrected chi connectivity index (χ3v) is 9.24. The largest absolute Gasteiger partial charge is 0.402 e. The third kappa shape index (κ3) is 11.2. The predicted octanol–water partition coefficient (Wildman–Crippen LogP) is 4.69. The Morgan fingerprint density at radius 1 is 1.18 bits per heavy atom. The summed E-state index contributed by atoms with van der Waals surface area (Å²) in [6.07, 6.45) is 1.77. The van der Waals surface area contributed by atoms with Crippen LogP contribution in [0.3, 0.4) is 0 Å². The summed E-state index contributed by atoms with van der Waals surface area (Å²) in [5.41, 5.74) is 0.935. The molecule has 0 bridgehead atoms. The number of alkyl halides is 3. The molecule has 1 aliphatic heterocycles. The van der Waals surface area contributed by atoms with E-state index in [1.807, 2.05) is 31.2 Å². The molecule has 2 aliphatic rings. The lowest BCUT2D eigenvalue weighted by Crippen LogP contribution is -2.43. The zero-order chi connectivity index (χ0) is 32.5. The van der Waals surface area contributed by atoms with Gasteiger partial charge in [-0.15, -0.1) is 0 Å². The lowest BCUT2D eigenvalue weighted by Gasteiger charge is -2.32. The number of nitriles is 1. The molecule has 0 unspecified atom stereocenters. The van der Waals surface area contributed by atoms with Crippen LogP contribution in [0.15, 0.2) is 30.5 Å². The highest BCUT2D eigenvalue weighted by atomic mass is 35.5. The quantitative estimate of drug-likeness (QED) is 0.223. The molecule has 0 spiro atoms.